The summed E-state index contributed by atoms with van der Waals surface area (Å²) in [4.78, 5) is 47.8. The molecule has 17 heteroatoms. The molecule has 6 aromatic heterocycles. The molecule has 1 unspecified atom stereocenters. The molecule has 9 heterocycles. The zero-order valence-electron chi connectivity index (χ0n) is 65.0. The highest BCUT2D eigenvalue weighted by Gasteiger charge is 2.30. The molecule has 16 nitrogen and oxygen atoms in total. The van der Waals surface area contributed by atoms with Crippen molar-refractivity contribution < 1.29 is 9.63 Å². The fourth-order valence-corrected chi connectivity index (χ4v) is 10.4. The molecule has 0 amide bonds. The van der Waals surface area contributed by atoms with Gasteiger partial charge >= 0.3 is 5.97 Å². The third-order valence-corrected chi connectivity index (χ3v) is 16.6. The maximum Gasteiger partial charge on any atom is 0.340 e. The van der Waals surface area contributed by atoms with Crippen molar-refractivity contribution in [2.24, 2.45) is 48.6 Å². The van der Waals surface area contributed by atoms with E-state index in [-0.39, 0.29) is 100 Å². The van der Waals surface area contributed by atoms with Crippen LogP contribution in [0.2, 0.25) is 0 Å². The minimum atomic E-state index is -0.245. The van der Waals surface area contributed by atoms with E-state index in [1.54, 1.807) is 37.3 Å². The molecule has 1 atom stereocenters. The number of oxime groups is 1. The number of rotatable bonds is 0. The Morgan fingerprint density at radius 1 is 0.465 bits per heavy atom. The van der Waals surface area contributed by atoms with Crippen LogP contribution in [0.5, 0.6) is 0 Å². The second kappa shape index (κ2) is 47.8. The first kappa shape index (κ1) is 106. The van der Waals surface area contributed by atoms with Gasteiger partial charge in [0.2, 0.25) is 0 Å². The predicted octanol–water partition coefficient (Wildman–Crippen LogP) is 23.7. The van der Waals surface area contributed by atoms with Gasteiger partial charge < -0.3 is 9.40 Å². The van der Waals surface area contributed by atoms with Crippen molar-refractivity contribution in [3.63, 3.8) is 0 Å². The van der Waals surface area contributed by atoms with Gasteiger partial charge in [-0.05, 0) is 134 Å². The molecule has 1 N–H and O–H groups in total. The second-order valence-corrected chi connectivity index (χ2v) is 36.1. The summed E-state index contributed by atoms with van der Waals surface area (Å²) in [5, 5.41) is 17.2. The van der Waals surface area contributed by atoms with Crippen LogP contribution in [0.25, 0.3) is 0 Å². The van der Waals surface area contributed by atoms with Crippen molar-refractivity contribution in [2.45, 2.75) is 330 Å². The molecule has 3 aliphatic heterocycles. The van der Waals surface area contributed by atoms with Gasteiger partial charge in [0.15, 0.2) is 5.82 Å². The Bertz CT molecular complexity index is 2750. The number of H-pyrrole nitrogens is 1. The van der Waals surface area contributed by atoms with Crippen molar-refractivity contribution >= 4 is 35.9 Å². The number of aromatic amines is 1. The number of pyridine rings is 2. The number of aliphatic imine (C=N–C) groups is 2. The molecular weight excluding hydrogens is 1270 g/mol. The predicted molar refractivity (Wildman–Crippen MR) is 444 cm³/mol. The van der Waals surface area contributed by atoms with E-state index in [1.807, 2.05) is 96.5 Å². The molecule has 0 aromatic carbocycles. The van der Waals surface area contributed by atoms with Crippen LogP contribution in [0.1, 0.15) is 319 Å². The molecule has 1 aliphatic carbocycles. The lowest BCUT2D eigenvalue weighted by molar-refractivity contribution is -0.140. The summed E-state index contributed by atoms with van der Waals surface area (Å²) in [6.45, 7) is 65.0. The number of carbonyl (C=O) groups is 1. The number of nitrogens with one attached hydrogen (secondary N) is 1. The maximum absolute atomic E-state index is 10.6. The highest BCUT2D eigenvalue weighted by Crippen LogP contribution is 2.39. The number of aromatic nitrogens is 11. The zero-order valence-corrected chi connectivity index (χ0v) is 65.8. The molecule has 0 bridgehead atoms. The number of hydrogen-bond donors (Lipinski definition) is 1. The standard InChI is InChI=1S/2C9H13N.C9H18.2C8H12N2.C8H13N.C8H16S.C7H12N2.C7H11NO2.C5H10N4.6CH4/c1-9(2,3)8-4-6-10-7-5-8;1-9(2,3)8-6-4-5-7-10-8;1-9(2,3)8-6-4-5-7-8;1-8(2,3)7-4-5-9-6-10-7;1-8(2,3)7-9-5-4-6-10-7;1-8(2,3)9-6-4-5-7-9;1-8(2,3)7-4-5-9-6-7;1-7(2,3)6-8-4-5-9-6;1-7(2,3)5-4-6(9)10-8-5;1-5(2,3)4-6-8-9-7-4;;;;;;/h2*4-7H,1-3H3;8H,4-7H2,1-3H3;2*4-6H,1-3H3;4-7H,1-3H3;7H,4-6H2,1-3H3;4-6H,1-3H3;4H2,1-3H3;1-3H3,(H,6,7,8,9);6*1H4. The summed E-state index contributed by atoms with van der Waals surface area (Å²) in [6.07, 6.45) is 27.9. The van der Waals surface area contributed by atoms with E-state index >= 15 is 0 Å². The van der Waals surface area contributed by atoms with E-state index in [0.717, 1.165) is 40.6 Å². The summed E-state index contributed by atoms with van der Waals surface area (Å²) < 4.78 is 2.19. The summed E-state index contributed by atoms with van der Waals surface area (Å²) in [6, 6.07) is 18.0. The minimum Gasteiger partial charge on any atom is -0.349 e. The number of thioether (sulfide) groups is 1. The van der Waals surface area contributed by atoms with Crippen LogP contribution in [-0.2, 0) is 42.2 Å². The Morgan fingerprint density at radius 3 is 1.18 bits per heavy atom. The lowest BCUT2D eigenvalue weighted by atomic mass is 9.80. The number of carbonyl (C=O) groups excluding carboxylic acids is 1. The summed E-state index contributed by atoms with van der Waals surface area (Å²) in [7, 11) is 0. The Morgan fingerprint density at radius 2 is 0.941 bits per heavy atom. The highest BCUT2D eigenvalue weighted by atomic mass is 32.2. The lowest BCUT2D eigenvalue weighted by Gasteiger charge is -2.26. The van der Waals surface area contributed by atoms with E-state index in [0.29, 0.717) is 17.3 Å². The van der Waals surface area contributed by atoms with Gasteiger partial charge in [-0.3, -0.25) is 20.0 Å². The van der Waals surface area contributed by atoms with Crippen molar-refractivity contribution in [2.75, 3.05) is 11.5 Å². The van der Waals surface area contributed by atoms with E-state index < -0.39 is 0 Å². The Kier molecular flexibility index (Phi) is 50.0. The van der Waals surface area contributed by atoms with Gasteiger partial charge in [0.1, 0.15) is 18.3 Å². The summed E-state index contributed by atoms with van der Waals surface area (Å²) in [5.74, 6) is 6.17. The fraction of sp³-hybridized carbons (Fsp3) is 0.679. The monoisotopic (exact) mass is 1420 g/mol. The van der Waals surface area contributed by atoms with Crippen molar-refractivity contribution in [3.05, 3.63) is 139 Å². The second-order valence-electron chi connectivity index (χ2n) is 34.9. The molecule has 2 fully saturated rings. The largest absolute Gasteiger partial charge is 0.349 e. The first-order valence-electron chi connectivity index (χ1n) is 34.1. The average molecular weight is 1420 g/mol. The first-order valence-corrected chi connectivity index (χ1v) is 35.2. The maximum atomic E-state index is 10.6. The van der Waals surface area contributed by atoms with Gasteiger partial charge in [0.05, 0.1) is 12.1 Å². The van der Waals surface area contributed by atoms with Gasteiger partial charge in [-0.2, -0.15) is 17.0 Å². The lowest BCUT2D eigenvalue weighted by Crippen LogP contribution is -2.20. The van der Waals surface area contributed by atoms with Crippen LogP contribution in [-0.4, -0.2) is 96.9 Å². The van der Waals surface area contributed by atoms with Gasteiger partial charge in [-0.1, -0.05) is 261 Å². The smallest absolute Gasteiger partial charge is 0.340 e. The molecule has 1 saturated carbocycles. The molecule has 1 saturated heterocycles. The van der Waals surface area contributed by atoms with Crippen molar-refractivity contribution in [1.29, 1.82) is 0 Å². The van der Waals surface area contributed by atoms with Crippen LogP contribution in [0.15, 0.2) is 126 Å². The van der Waals surface area contributed by atoms with E-state index in [4.69, 9.17) is 0 Å². The molecular formula is C84H154N14O2S. The average Bonchev–Trinajstić information content (AvgIpc) is 1.84. The number of nitrogens with zero attached hydrogens (tertiary/aromatic N) is 13. The highest BCUT2D eigenvalue weighted by molar-refractivity contribution is 7.99. The summed E-state index contributed by atoms with van der Waals surface area (Å²) >= 11 is 2.11. The topological polar surface area (TPSA) is 200 Å². The Labute approximate surface area is 626 Å². The zero-order chi connectivity index (χ0) is 72.8. The van der Waals surface area contributed by atoms with Crippen molar-refractivity contribution in [1.82, 2.24) is 55.1 Å². The fourth-order valence-electron chi connectivity index (χ4n) is 8.78. The Balaban J connectivity index is -0.000000247. The van der Waals surface area contributed by atoms with Gasteiger partial charge in [-0.15, -0.1) is 10.2 Å². The SMILES string of the molecule is C.C.C.C.C.C.CC(C)(C)C1=NOC(=O)C1.CC(C)(C)C1CCCC1.CC(C)(C)C1CCSC1.CC(C)(C)C1N=CC=N1.CC(C)(C)c1ccccn1.CC(C)(C)c1ccncc1.CC(C)(C)c1ccncn1.CC(C)(C)c1ncccn1.CC(C)(C)c1nn[nH]n1.CC(C)(C)n1cccc1. The molecule has 0 spiro atoms. The van der Waals surface area contributed by atoms with E-state index in [1.165, 1.54) is 49.2 Å². The number of hydrogen-bond acceptors (Lipinski definition) is 15. The third kappa shape index (κ3) is 46.8. The molecule has 4 aliphatic rings. The molecule has 578 valence electrons. The first-order chi connectivity index (χ1) is 43.4. The van der Waals surface area contributed by atoms with Gasteiger partial charge in [0.25, 0.3) is 0 Å². The van der Waals surface area contributed by atoms with Crippen LogP contribution in [0.4, 0.5) is 0 Å². The molecule has 101 heavy (non-hydrogen) atoms. The van der Waals surface area contributed by atoms with Crippen LogP contribution in [0, 0.1) is 33.5 Å². The van der Waals surface area contributed by atoms with Crippen LogP contribution >= 0.6 is 11.8 Å². The third-order valence-electron chi connectivity index (χ3n) is 15.4. The van der Waals surface area contributed by atoms with Gasteiger partial charge in [-0.25, -0.2) is 24.7 Å². The Hall–Kier alpha value is -6.36. The van der Waals surface area contributed by atoms with Crippen molar-refractivity contribution in [3.8, 4) is 0 Å². The molecule has 0 radical (unpaired) electrons. The van der Waals surface area contributed by atoms with Gasteiger partial charge in [0, 0.05) is 111 Å². The van der Waals surface area contributed by atoms with Crippen LogP contribution in [0.3, 0.4) is 0 Å². The van der Waals surface area contributed by atoms with E-state index in [2.05, 4.69) is 284 Å². The quantitative estimate of drug-likeness (QED) is 0.141. The minimum absolute atomic E-state index is 0. The molecule has 10 rings (SSSR count). The normalized spacial score (nSPS) is 14.9. The molecule has 6 aromatic rings. The summed E-state index contributed by atoms with van der Waals surface area (Å²) in [5.41, 5.74) is 6.58. The van der Waals surface area contributed by atoms with Crippen LogP contribution < -0.4 is 0 Å². The van der Waals surface area contributed by atoms with E-state index in [9.17, 15) is 4.79 Å². The number of tetrazole rings is 1.